The first-order chi connectivity index (χ1) is 5.66. The summed E-state index contributed by atoms with van der Waals surface area (Å²) in [5.74, 6) is 0. The second-order valence-electron chi connectivity index (χ2n) is 3.32. The summed E-state index contributed by atoms with van der Waals surface area (Å²) in [5, 5.41) is 0. The predicted octanol–water partition coefficient (Wildman–Crippen LogP) is 2.71. The molecule has 1 rings (SSSR count). The minimum atomic E-state index is 0.200. The summed E-state index contributed by atoms with van der Waals surface area (Å²) in [6, 6.07) is 6.53. The average molecular weight is 163 g/mol. The van der Waals surface area contributed by atoms with Gasteiger partial charge in [-0.3, -0.25) is 0 Å². The Balaban J connectivity index is 3.12. The van der Waals surface area contributed by atoms with Gasteiger partial charge in [0.2, 0.25) is 0 Å². The van der Waals surface area contributed by atoms with Crippen molar-refractivity contribution in [2.75, 3.05) is 0 Å². The molecule has 0 unspecified atom stereocenters. The molecule has 0 aliphatic carbocycles. The highest BCUT2D eigenvalue weighted by Crippen LogP contribution is 2.21. The first-order valence-corrected chi connectivity index (χ1v) is 4.48. The van der Waals surface area contributed by atoms with E-state index in [1.54, 1.807) is 0 Å². The molecule has 1 nitrogen and oxygen atoms in total. The van der Waals surface area contributed by atoms with Gasteiger partial charge in [0.25, 0.3) is 0 Å². The molecule has 0 saturated carbocycles. The van der Waals surface area contributed by atoms with Crippen LogP contribution in [0.1, 0.15) is 36.1 Å². The third-order valence-corrected chi connectivity index (χ3v) is 2.35. The van der Waals surface area contributed by atoms with Crippen LogP contribution in [0.2, 0.25) is 0 Å². The second-order valence-corrected chi connectivity index (χ2v) is 3.32. The zero-order valence-corrected chi connectivity index (χ0v) is 8.09. The summed E-state index contributed by atoms with van der Waals surface area (Å²) < 4.78 is 0. The number of aryl methyl sites for hydroxylation is 2. The lowest BCUT2D eigenvalue weighted by atomic mass is 9.95. The lowest BCUT2D eigenvalue weighted by molar-refractivity contribution is 0.689. The number of rotatable bonds is 2. The van der Waals surface area contributed by atoms with Gasteiger partial charge < -0.3 is 5.73 Å². The molecule has 12 heavy (non-hydrogen) atoms. The largest absolute Gasteiger partial charge is 0.324 e. The second kappa shape index (κ2) is 3.72. The van der Waals surface area contributed by atoms with Crippen molar-refractivity contribution >= 4 is 0 Å². The van der Waals surface area contributed by atoms with Crippen LogP contribution in [-0.2, 0) is 0 Å². The Bertz CT molecular complexity index is 245. The Labute approximate surface area is 74.6 Å². The van der Waals surface area contributed by atoms with Crippen LogP contribution in [0.5, 0.6) is 0 Å². The molecule has 0 aliphatic heterocycles. The van der Waals surface area contributed by atoms with Crippen molar-refractivity contribution in [1.29, 1.82) is 0 Å². The van der Waals surface area contributed by atoms with Crippen LogP contribution >= 0.6 is 0 Å². The molecule has 0 fully saturated rings. The number of hydrogen-bond donors (Lipinski definition) is 1. The summed E-state index contributed by atoms with van der Waals surface area (Å²) in [5.41, 5.74) is 9.93. The standard InChI is InChI=1S/C11H17N/c1-4-10(12)11-8(2)6-5-7-9(11)3/h5-7,10H,4,12H2,1-3H3/t10-/m0/s1. The van der Waals surface area contributed by atoms with Gasteiger partial charge in [0, 0.05) is 6.04 Å². The fraction of sp³-hybridized carbons (Fsp3) is 0.455. The third kappa shape index (κ3) is 1.67. The van der Waals surface area contributed by atoms with Crippen LogP contribution in [0, 0.1) is 13.8 Å². The lowest BCUT2D eigenvalue weighted by Crippen LogP contribution is -2.11. The molecule has 0 amide bonds. The highest BCUT2D eigenvalue weighted by Gasteiger charge is 2.08. The van der Waals surface area contributed by atoms with Crippen LogP contribution < -0.4 is 5.73 Å². The topological polar surface area (TPSA) is 26.0 Å². The SMILES string of the molecule is CC[C@H](N)c1c(C)cccc1C. The van der Waals surface area contributed by atoms with Crippen molar-refractivity contribution in [2.45, 2.75) is 33.2 Å². The van der Waals surface area contributed by atoms with E-state index in [1.165, 1.54) is 16.7 Å². The van der Waals surface area contributed by atoms with Gasteiger partial charge in [-0.05, 0) is 37.0 Å². The van der Waals surface area contributed by atoms with Gasteiger partial charge in [0.1, 0.15) is 0 Å². The molecular weight excluding hydrogens is 146 g/mol. The molecular formula is C11H17N. The molecule has 0 aromatic heterocycles. The van der Waals surface area contributed by atoms with Crippen molar-refractivity contribution in [1.82, 2.24) is 0 Å². The van der Waals surface area contributed by atoms with E-state index in [-0.39, 0.29) is 6.04 Å². The third-order valence-electron chi connectivity index (χ3n) is 2.35. The van der Waals surface area contributed by atoms with Crippen molar-refractivity contribution in [3.63, 3.8) is 0 Å². The van der Waals surface area contributed by atoms with Gasteiger partial charge >= 0.3 is 0 Å². The van der Waals surface area contributed by atoms with Crippen molar-refractivity contribution in [2.24, 2.45) is 5.73 Å². The van der Waals surface area contributed by atoms with Crippen LogP contribution in [0.15, 0.2) is 18.2 Å². The predicted molar refractivity (Wildman–Crippen MR) is 53.1 cm³/mol. The maximum absolute atomic E-state index is 6.00. The number of benzene rings is 1. The molecule has 2 N–H and O–H groups in total. The minimum absolute atomic E-state index is 0.200. The molecule has 1 aromatic rings. The Hall–Kier alpha value is -0.820. The zero-order valence-electron chi connectivity index (χ0n) is 8.09. The maximum Gasteiger partial charge on any atom is 0.0297 e. The van der Waals surface area contributed by atoms with E-state index >= 15 is 0 Å². The van der Waals surface area contributed by atoms with E-state index in [0.29, 0.717) is 0 Å². The van der Waals surface area contributed by atoms with Crippen molar-refractivity contribution in [3.05, 3.63) is 34.9 Å². The number of nitrogens with two attached hydrogens (primary N) is 1. The van der Waals surface area contributed by atoms with E-state index in [0.717, 1.165) is 6.42 Å². The minimum Gasteiger partial charge on any atom is -0.324 e. The molecule has 0 spiro atoms. The smallest absolute Gasteiger partial charge is 0.0297 e. The molecule has 0 aliphatic rings. The van der Waals surface area contributed by atoms with E-state index in [1.807, 2.05) is 0 Å². The highest BCUT2D eigenvalue weighted by atomic mass is 14.6. The van der Waals surface area contributed by atoms with Crippen LogP contribution in [-0.4, -0.2) is 0 Å². The fourth-order valence-electron chi connectivity index (χ4n) is 1.62. The molecule has 1 aromatic carbocycles. The number of hydrogen-bond acceptors (Lipinski definition) is 1. The zero-order chi connectivity index (χ0) is 9.14. The monoisotopic (exact) mass is 163 g/mol. The van der Waals surface area contributed by atoms with Gasteiger partial charge in [-0.15, -0.1) is 0 Å². The summed E-state index contributed by atoms with van der Waals surface area (Å²) >= 11 is 0. The van der Waals surface area contributed by atoms with Crippen LogP contribution in [0.25, 0.3) is 0 Å². The average Bonchev–Trinajstić information content (AvgIpc) is 2.03. The summed E-state index contributed by atoms with van der Waals surface area (Å²) in [7, 11) is 0. The lowest BCUT2D eigenvalue weighted by Gasteiger charge is -2.15. The van der Waals surface area contributed by atoms with Gasteiger partial charge in [-0.2, -0.15) is 0 Å². The molecule has 0 saturated heterocycles. The Morgan fingerprint density at radius 3 is 2.17 bits per heavy atom. The Morgan fingerprint density at radius 2 is 1.75 bits per heavy atom. The normalized spacial score (nSPS) is 13.0. The van der Waals surface area contributed by atoms with Crippen LogP contribution in [0.4, 0.5) is 0 Å². The molecule has 0 heterocycles. The van der Waals surface area contributed by atoms with Crippen LogP contribution in [0.3, 0.4) is 0 Å². The molecule has 1 atom stereocenters. The van der Waals surface area contributed by atoms with Gasteiger partial charge in [0.15, 0.2) is 0 Å². The van der Waals surface area contributed by atoms with Gasteiger partial charge in [-0.1, -0.05) is 25.1 Å². The Morgan fingerprint density at radius 1 is 1.25 bits per heavy atom. The van der Waals surface area contributed by atoms with Crippen molar-refractivity contribution in [3.8, 4) is 0 Å². The fourth-order valence-corrected chi connectivity index (χ4v) is 1.62. The molecule has 66 valence electrons. The van der Waals surface area contributed by atoms with E-state index < -0.39 is 0 Å². The van der Waals surface area contributed by atoms with E-state index in [9.17, 15) is 0 Å². The van der Waals surface area contributed by atoms with Gasteiger partial charge in [-0.25, -0.2) is 0 Å². The highest BCUT2D eigenvalue weighted by molar-refractivity contribution is 5.35. The molecule has 0 radical (unpaired) electrons. The summed E-state index contributed by atoms with van der Waals surface area (Å²) in [4.78, 5) is 0. The Kier molecular flexibility index (Phi) is 2.88. The quantitative estimate of drug-likeness (QED) is 0.712. The maximum atomic E-state index is 6.00. The first kappa shape index (κ1) is 9.27. The van der Waals surface area contributed by atoms with E-state index in [4.69, 9.17) is 5.73 Å². The van der Waals surface area contributed by atoms with Gasteiger partial charge in [0.05, 0.1) is 0 Å². The van der Waals surface area contributed by atoms with E-state index in [2.05, 4.69) is 39.0 Å². The summed E-state index contributed by atoms with van der Waals surface area (Å²) in [6.07, 6.45) is 1.01. The molecule has 1 heteroatoms. The van der Waals surface area contributed by atoms with Crippen molar-refractivity contribution < 1.29 is 0 Å². The summed E-state index contributed by atoms with van der Waals surface area (Å²) in [6.45, 7) is 6.37. The first-order valence-electron chi connectivity index (χ1n) is 4.48. The molecule has 0 bridgehead atoms.